The van der Waals surface area contributed by atoms with Crippen LogP contribution >= 0.6 is 0 Å². The Bertz CT molecular complexity index is 410. The molecule has 1 aromatic carbocycles. The van der Waals surface area contributed by atoms with Crippen LogP contribution in [0.3, 0.4) is 0 Å². The summed E-state index contributed by atoms with van der Waals surface area (Å²) in [5, 5.41) is 9.65. The number of hydrogen-bond acceptors (Lipinski definition) is 3. The highest BCUT2D eigenvalue weighted by Crippen LogP contribution is 2.12. The lowest BCUT2D eigenvalue weighted by molar-refractivity contribution is -0.152. The van der Waals surface area contributed by atoms with Gasteiger partial charge in [-0.2, -0.15) is 0 Å². The minimum absolute atomic E-state index is 0.128. The summed E-state index contributed by atoms with van der Waals surface area (Å²) >= 11 is 0. The van der Waals surface area contributed by atoms with Gasteiger partial charge in [-0.15, -0.1) is 0 Å². The first-order valence-corrected chi connectivity index (χ1v) is 5.56. The van der Waals surface area contributed by atoms with E-state index in [4.69, 9.17) is 4.74 Å². The Morgan fingerprint density at radius 1 is 1.47 bits per heavy atom. The van der Waals surface area contributed by atoms with Gasteiger partial charge in [0.2, 0.25) is 0 Å². The fraction of sp³-hybridized carbons (Fsp3) is 0.357. The molecule has 0 spiro atoms. The second kappa shape index (κ2) is 6.21. The Kier molecular flexibility index (Phi) is 4.91. The molecule has 1 aromatic rings. The molecule has 0 aliphatic rings. The van der Waals surface area contributed by atoms with Gasteiger partial charge in [-0.05, 0) is 30.5 Å². The predicted octanol–water partition coefficient (Wildman–Crippen LogP) is 1.94. The second-order valence-electron chi connectivity index (χ2n) is 4.06. The third-order valence-electron chi connectivity index (χ3n) is 2.62. The lowest BCUT2D eigenvalue weighted by atomic mass is 10.0. The maximum Gasteiger partial charge on any atom is 0.335 e. The summed E-state index contributed by atoms with van der Waals surface area (Å²) in [4.78, 5) is 11.3. The van der Waals surface area contributed by atoms with Crippen molar-refractivity contribution < 1.29 is 14.6 Å². The highest BCUT2D eigenvalue weighted by Gasteiger charge is 2.16. The average Bonchev–Trinajstić information content (AvgIpc) is 2.30. The largest absolute Gasteiger partial charge is 0.460 e. The molecule has 17 heavy (non-hydrogen) atoms. The van der Waals surface area contributed by atoms with Crippen molar-refractivity contribution in [1.29, 1.82) is 0 Å². The van der Waals surface area contributed by atoms with Crippen molar-refractivity contribution in [1.82, 2.24) is 0 Å². The Morgan fingerprint density at radius 3 is 2.76 bits per heavy atom. The maximum atomic E-state index is 11.3. The lowest BCUT2D eigenvalue weighted by Gasteiger charge is -2.10. The van der Waals surface area contributed by atoms with Gasteiger partial charge < -0.3 is 9.84 Å². The van der Waals surface area contributed by atoms with Crippen molar-refractivity contribution in [3.8, 4) is 0 Å². The predicted molar refractivity (Wildman–Crippen MR) is 66.8 cm³/mol. The van der Waals surface area contributed by atoms with Crippen LogP contribution in [0, 0.1) is 13.8 Å². The fourth-order valence-corrected chi connectivity index (χ4v) is 1.47. The van der Waals surface area contributed by atoms with Gasteiger partial charge in [-0.3, -0.25) is 0 Å². The Labute approximate surface area is 102 Å². The summed E-state index contributed by atoms with van der Waals surface area (Å²) in [6.07, 6.45) is 0.634. The molecule has 0 aliphatic carbocycles. The van der Waals surface area contributed by atoms with Gasteiger partial charge in [0.05, 0.1) is 0 Å². The molecule has 1 unspecified atom stereocenters. The van der Waals surface area contributed by atoms with Crippen LogP contribution in [0.25, 0.3) is 0 Å². The Hall–Kier alpha value is -1.61. The molecule has 0 amide bonds. The minimum atomic E-state index is -1.11. The monoisotopic (exact) mass is 234 g/mol. The lowest BCUT2D eigenvalue weighted by Crippen LogP contribution is -2.25. The molecular weight excluding hydrogens is 216 g/mol. The van der Waals surface area contributed by atoms with Crippen molar-refractivity contribution in [2.24, 2.45) is 0 Å². The summed E-state index contributed by atoms with van der Waals surface area (Å²) in [5.74, 6) is -0.608. The molecule has 1 atom stereocenters. The van der Waals surface area contributed by atoms with Gasteiger partial charge in [0.1, 0.15) is 6.61 Å². The molecule has 0 aliphatic heterocycles. The molecule has 0 heterocycles. The number of aryl methyl sites for hydroxylation is 2. The zero-order valence-corrected chi connectivity index (χ0v) is 10.3. The van der Waals surface area contributed by atoms with Crippen LogP contribution in [-0.2, 0) is 16.0 Å². The average molecular weight is 234 g/mol. The highest BCUT2D eigenvalue weighted by atomic mass is 16.5. The van der Waals surface area contributed by atoms with Crippen molar-refractivity contribution in [2.75, 3.05) is 6.61 Å². The minimum Gasteiger partial charge on any atom is -0.460 e. The highest BCUT2D eigenvalue weighted by molar-refractivity contribution is 5.74. The molecule has 0 saturated carbocycles. The summed E-state index contributed by atoms with van der Waals surface area (Å²) in [6, 6.07) is 5.86. The molecule has 0 saturated heterocycles. The van der Waals surface area contributed by atoms with Crippen molar-refractivity contribution >= 4 is 5.97 Å². The summed E-state index contributed by atoms with van der Waals surface area (Å²) in [7, 11) is 0. The van der Waals surface area contributed by atoms with Gasteiger partial charge in [-0.25, -0.2) is 4.79 Å². The summed E-state index contributed by atoms with van der Waals surface area (Å²) < 4.78 is 4.77. The number of carbonyl (C=O) groups excluding carboxylic acids is 1. The third-order valence-corrected chi connectivity index (χ3v) is 2.62. The zero-order chi connectivity index (χ0) is 12.8. The van der Waals surface area contributed by atoms with Crippen molar-refractivity contribution in [3.05, 3.63) is 47.5 Å². The molecule has 3 heteroatoms. The Morgan fingerprint density at radius 2 is 2.18 bits per heavy atom. The zero-order valence-electron chi connectivity index (χ0n) is 10.3. The van der Waals surface area contributed by atoms with E-state index in [1.165, 1.54) is 11.6 Å². The van der Waals surface area contributed by atoms with Crippen LogP contribution in [-0.4, -0.2) is 23.8 Å². The van der Waals surface area contributed by atoms with E-state index < -0.39 is 12.1 Å². The van der Waals surface area contributed by atoms with Crippen LogP contribution in [0.2, 0.25) is 0 Å². The maximum absolute atomic E-state index is 11.3. The van der Waals surface area contributed by atoms with Crippen LogP contribution < -0.4 is 0 Å². The normalized spacial score (nSPS) is 11.9. The van der Waals surface area contributed by atoms with Crippen LogP contribution in [0.5, 0.6) is 0 Å². The van der Waals surface area contributed by atoms with Gasteiger partial charge in [0.15, 0.2) is 6.10 Å². The first-order chi connectivity index (χ1) is 8.04. The fourth-order valence-electron chi connectivity index (χ4n) is 1.47. The van der Waals surface area contributed by atoms with Crippen LogP contribution in [0.15, 0.2) is 30.9 Å². The van der Waals surface area contributed by atoms with E-state index in [0.717, 1.165) is 11.1 Å². The van der Waals surface area contributed by atoms with Crippen molar-refractivity contribution in [2.45, 2.75) is 26.4 Å². The van der Waals surface area contributed by atoms with Gasteiger partial charge in [0.25, 0.3) is 0 Å². The number of hydrogen-bond donors (Lipinski definition) is 1. The first kappa shape index (κ1) is 13.5. The van der Waals surface area contributed by atoms with Crippen LogP contribution in [0.4, 0.5) is 0 Å². The number of aliphatic hydroxyl groups is 1. The van der Waals surface area contributed by atoms with E-state index >= 15 is 0 Å². The number of esters is 1. The molecule has 0 radical (unpaired) electrons. The van der Waals surface area contributed by atoms with E-state index in [1.54, 1.807) is 0 Å². The standard InChI is InChI=1S/C14H18O3/c1-4-7-17-14(16)13(15)9-12-6-5-10(2)11(3)8-12/h4-6,8,13,15H,1,7,9H2,2-3H3. The molecule has 0 aromatic heterocycles. The smallest absolute Gasteiger partial charge is 0.335 e. The molecule has 92 valence electrons. The molecule has 1 N–H and O–H groups in total. The van der Waals surface area contributed by atoms with Crippen molar-refractivity contribution in [3.63, 3.8) is 0 Å². The molecular formula is C14H18O3. The SMILES string of the molecule is C=CCOC(=O)C(O)Cc1ccc(C)c(C)c1. The van der Waals surface area contributed by atoms with Gasteiger partial charge >= 0.3 is 5.97 Å². The first-order valence-electron chi connectivity index (χ1n) is 5.56. The quantitative estimate of drug-likeness (QED) is 0.625. The van der Waals surface area contributed by atoms with E-state index in [-0.39, 0.29) is 13.0 Å². The topological polar surface area (TPSA) is 46.5 Å². The van der Waals surface area contributed by atoms with Crippen LogP contribution in [0.1, 0.15) is 16.7 Å². The number of carbonyl (C=O) groups is 1. The third kappa shape index (κ3) is 4.04. The van der Waals surface area contributed by atoms with E-state index in [0.29, 0.717) is 0 Å². The summed E-state index contributed by atoms with van der Waals surface area (Å²) in [6.45, 7) is 7.59. The van der Waals surface area contributed by atoms with E-state index in [9.17, 15) is 9.90 Å². The van der Waals surface area contributed by atoms with E-state index in [2.05, 4.69) is 6.58 Å². The Balaban J connectivity index is 2.61. The second-order valence-corrected chi connectivity index (χ2v) is 4.06. The summed E-state index contributed by atoms with van der Waals surface area (Å²) in [5.41, 5.74) is 3.27. The number of benzene rings is 1. The molecule has 0 bridgehead atoms. The number of aliphatic hydroxyl groups excluding tert-OH is 1. The van der Waals surface area contributed by atoms with Gasteiger partial charge in [0, 0.05) is 6.42 Å². The van der Waals surface area contributed by atoms with E-state index in [1.807, 2.05) is 32.0 Å². The molecule has 3 nitrogen and oxygen atoms in total. The molecule has 0 fully saturated rings. The number of ether oxygens (including phenoxy) is 1. The molecule has 1 rings (SSSR count). The van der Waals surface area contributed by atoms with Gasteiger partial charge in [-0.1, -0.05) is 30.9 Å². The number of rotatable bonds is 5.